The van der Waals surface area contributed by atoms with Crippen molar-refractivity contribution in [1.29, 1.82) is 0 Å². The van der Waals surface area contributed by atoms with E-state index in [0.29, 0.717) is 0 Å². The third kappa shape index (κ3) is 39.8. The topological polar surface area (TPSA) is 186 Å². The average molecular weight is 721 g/mol. The third-order valence-corrected chi connectivity index (χ3v) is 8.74. The zero-order valence-electron chi connectivity index (χ0n) is 33.8. The van der Waals surface area contributed by atoms with Gasteiger partial charge in [0.1, 0.15) is 0 Å². The second-order valence-corrected chi connectivity index (χ2v) is 12.9. The van der Waals surface area contributed by atoms with Crippen molar-refractivity contribution in [2.75, 3.05) is 0 Å². The number of rotatable bonds is 25. The predicted octanol–water partition coefficient (Wildman–Crippen LogP) is 11.4. The molecule has 5 atom stereocenters. The van der Waals surface area contributed by atoms with Crippen LogP contribution in [0.3, 0.4) is 0 Å². The van der Waals surface area contributed by atoms with Crippen molar-refractivity contribution < 1.29 is 49.5 Å². The fourth-order valence-electron chi connectivity index (χ4n) is 4.76. The van der Waals surface area contributed by atoms with Gasteiger partial charge in [-0.3, -0.25) is 24.0 Å². The summed E-state index contributed by atoms with van der Waals surface area (Å²) in [6.07, 6.45) is 18.6. The molecule has 50 heavy (non-hydrogen) atoms. The van der Waals surface area contributed by atoms with E-state index in [9.17, 15) is 24.0 Å². The molecule has 300 valence electrons. The summed E-state index contributed by atoms with van der Waals surface area (Å²) in [4.78, 5) is 52.2. The molecule has 0 bridgehead atoms. The molecule has 10 nitrogen and oxygen atoms in total. The fraction of sp³-hybridized carbons (Fsp3) is 0.875. The number of hydrogen-bond donors (Lipinski definition) is 5. The van der Waals surface area contributed by atoms with Gasteiger partial charge in [0.2, 0.25) is 0 Å². The van der Waals surface area contributed by atoms with Crippen LogP contribution in [0.2, 0.25) is 0 Å². The summed E-state index contributed by atoms with van der Waals surface area (Å²) in [5.74, 6) is -3.77. The van der Waals surface area contributed by atoms with E-state index in [0.717, 1.165) is 128 Å². The van der Waals surface area contributed by atoms with Gasteiger partial charge in [-0.25, -0.2) is 0 Å². The fourth-order valence-corrected chi connectivity index (χ4v) is 4.76. The van der Waals surface area contributed by atoms with Crippen molar-refractivity contribution >= 4 is 29.8 Å². The van der Waals surface area contributed by atoms with Crippen LogP contribution < -0.4 is 0 Å². The molecule has 0 spiro atoms. The van der Waals surface area contributed by atoms with Gasteiger partial charge in [-0.05, 0) is 64.2 Å². The molecule has 0 saturated carbocycles. The zero-order valence-corrected chi connectivity index (χ0v) is 33.8. The van der Waals surface area contributed by atoms with Gasteiger partial charge in [-0.15, -0.1) is 0 Å². The number of carboxylic acids is 5. The molecule has 10 heteroatoms. The molecular weight excluding hydrogens is 640 g/mol. The van der Waals surface area contributed by atoms with Crippen LogP contribution in [0, 0.1) is 29.6 Å². The van der Waals surface area contributed by atoms with Gasteiger partial charge in [0.05, 0.1) is 29.6 Å². The Bertz CT molecular complexity index is 648. The van der Waals surface area contributed by atoms with Crippen LogP contribution in [0.15, 0.2) is 0 Å². The first kappa shape index (κ1) is 56.7. The van der Waals surface area contributed by atoms with E-state index in [1.165, 1.54) is 0 Å². The third-order valence-electron chi connectivity index (χ3n) is 8.74. The van der Waals surface area contributed by atoms with E-state index in [4.69, 9.17) is 25.5 Å². The van der Waals surface area contributed by atoms with Gasteiger partial charge in [0.15, 0.2) is 0 Å². The van der Waals surface area contributed by atoms with Gasteiger partial charge >= 0.3 is 29.8 Å². The van der Waals surface area contributed by atoms with Crippen LogP contribution in [0.4, 0.5) is 0 Å². The van der Waals surface area contributed by atoms with Crippen molar-refractivity contribution in [3.05, 3.63) is 0 Å². The number of hydrogen-bond acceptors (Lipinski definition) is 5. The highest BCUT2D eigenvalue weighted by molar-refractivity contribution is 5.71. The van der Waals surface area contributed by atoms with Crippen LogP contribution in [0.1, 0.15) is 198 Å². The molecule has 0 heterocycles. The molecule has 5 unspecified atom stereocenters. The molecular formula is C40H80O10. The first-order valence-corrected chi connectivity index (χ1v) is 19.7. The largest absolute Gasteiger partial charge is 0.481 e. The van der Waals surface area contributed by atoms with E-state index in [1.54, 1.807) is 0 Å². The molecule has 0 rings (SSSR count). The van der Waals surface area contributed by atoms with Crippen LogP contribution in [-0.2, 0) is 24.0 Å². The summed E-state index contributed by atoms with van der Waals surface area (Å²) in [7, 11) is 0. The molecule has 0 aromatic heterocycles. The van der Waals surface area contributed by atoms with Gasteiger partial charge in [-0.2, -0.15) is 0 Å². The maximum absolute atomic E-state index is 10.4. The number of aliphatic carboxylic acids is 5. The first-order valence-electron chi connectivity index (χ1n) is 19.7. The Morgan fingerprint density at radius 3 is 0.480 bits per heavy atom. The van der Waals surface area contributed by atoms with Crippen LogP contribution in [-0.4, -0.2) is 55.4 Å². The Labute approximate surface area is 306 Å². The average Bonchev–Trinajstić information content (AvgIpc) is 3.07. The number of carbonyl (C=O) groups is 5. The van der Waals surface area contributed by atoms with Crippen molar-refractivity contribution in [3.63, 3.8) is 0 Å². The highest BCUT2D eigenvalue weighted by Gasteiger charge is 2.15. The van der Waals surface area contributed by atoms with Crippen molar-refractivity contribution in [2.45, 2.75) is 198 Å². The summed E-state index contributed by atoms with van der Waals surface area (Å²) in [6, 6.07) is 0. The Morgan fingerprint density at radius 1 is 0.300 bits per heavy atom. The summed E-state index contributed by atoms with van der Waals surface area (Å²) < 4.78 is 0. The smallest absolute Gasteiger partial charge is 0.306 e. The molecule has 0 aliphatic heterocycles. The maximum atomic E-state index is 10.4. The highest BCUT2D eigenvalue weighted by Crippen LogP contribution is 2.14. The van der Waals surface area contributed by atoms with Gasteiger partial charge in [0, 0.05) is 0 Å². The maximum Gasteiger partial charge on any atom is 0.306 e. The Balaban J connectivity index is -0.000000169. The Hall–Kier alpha value is -2.65. The lowest BCUT2D eigenvalue weighted by Crippen LogP contribution is -2.11. The van der Waals surface area contributed by atoms with E-state index in [-0.39, 0.29) is 29.6 Å². The lowest BCUT2D eigenvalue weighted by atomic mass is 10.00. The Morgan fingerprint density at radius 2 is 0.420 bits per heavy atom. The minimum atomic E-state index is -0.643. The highest BCUT2D eigenvalue weighted by atomic mass is 16.4. The van der Waals surface area contributed by atoms with E-state index in [2.05, 4.69) is 34.6 Å². The Kier molecular flexibility index (Phi) is 48.2. The van der Waals surface area contributed by atoms with E-state index in [1.807, 2.05) is 34.6 Å². The van der Waals surface area contributed by atoms with Crippen molar-refractivity contribution in [3.8, 4) is 0 Å². The summed E-state index contributed by atoms with van der Waals surface area (Å²) >= 11 is 0. The standard InChI is InChI=1S/5C8H16O2/c5*1-3-5-6-7(4-2)8(9)10/h5*7H,3-6H2,1-2H3,(H,9,10). The van der Waals surface area contributed by atoms with Gasteiger partial charge < -0.3 is 25.5 Å². The van der Waals surface area contributed by atoms with Gasteiger partial charge in [-0.1, -0.05) is 133 Å². The molecule has 0 radical (unpaired) electrons. The van der Waals surface area contributed by atoms with Crippen molar-refractivity contribution in [1.82, 2.24) is 0 Å². The zero-order chi connectivity index (χ0) is 39.9. The van der Waals surface area contributed by atoms with E-state index < -0.39 is 29.8 Å². The van der Waals surface area contributed by atoms with Crippen LogP contribution >= 0.6 is 0 Å². The number of unbranched alkanes of at least 4 members (excludes halogenated alkanes) is 5. The SMILES string of the molecule is CCCCC(CC)C(=O)O.CCCCC(CC)C(=O)O.CCCCC(CC)C(=O)O.CCCCC(CC)C(=O)O.CCCCC(CC)C(=O)O. The predicted molar refractivity (Wildman–Crippen MR) is 205 cm³/mol. The second-order valence-electron chi connectivity index (χ2n) is 12.9. The van der Waals surface area contributed by atoms with Crippen molar-refractivity contribution in [2.24, 2.45) is 29.6 Å². The molecule has 0 aliphatic rings. The summed E-state index contributed by atoms with van der Waals surface area (Å²) in [5.41, 5.74) is 0. The van der Waals surface area contributed by atoms with Gasteiger partial charge in [0.25, 0.3) is 0 Å². The summed E-state index contributed by atoms with van der Waals surface area (Å²) in [6.45, 7) is 20.0. The molecule has 5 N–H and O–H groups in total. The normalized spacial score (nSPS) is 13.0. The lowest BCUT2D eigenvalue weighted by Gasteiger charge is -2.06. The molecule has 0 aliphatic carbocycles. The molecule has 0 amide bonds. The van der Waals surface area contributed by atoms with E-state index >= 15 is 0 Å². The second kappa shape index (κ2) is 42.5. The minimum Gasteiger partial charge on any atom is -0.481 e. The van der Waals surface area contributed by atoms with Crippen LogP contribution in [0.5, 0.6) is 0 Å². The molecule has 0 fully saturated rings. The minimum absolute atomic E-state index is 0.111. The monoisotopic (exact) mass is 721 g/mol. The lowest BCUT2D eigenvalue weighted by molar-refractivity contribution is -0.143. The quantitative estimate of drug-likeness (QED) is 0.0607. The van der Waals surface area contributed by atoms with Crippen LogP contribution in [0.25, 0.3) is 0 Å². The number of carboxylic acid groups (broad SMARTS) is 5. The molecule has 0 aromatic rings. The summed E-state index contributed by atoms with van der Waals surface area (Å²) in [5, 5.41) is 43.0. The molecule has 0 saturated heterocycles. The molecule has 0 aromatic carbocycles. The first-order chi connectivity index (χ1) is 23.6.